The van der Waals surface area contributed by atoms with Crippen LogP contribution in [0.3, 0.4) is 0 Å². The van der Waals surface area contributed by atoms with Crippen LogP contribution in [0, 0.1) is 5.92 Å². The number of amides is 1. The Labute approximate surface area is 122 Å². The maximum absolute atomic E-state index is 12.4. The molecular formula is C15H19N3OS. The van der Waals surface area contributed by atoms with E-state index in [1.165, 1.54) is 17.8 Å². The maximum atomic E-state index is 12.4. The number of carbonyl (C=O) groups is 1. The summed E-state index contributed by atoms with van der Waals surface area (Å²) in [6.07, 6.45) is 5.23. The molecule has 3 N–H and O–H groups in total. The van der Waals surface area contributed by atoms with Crippen LogP contribution >= 0.6 is 11.3 Å². The molecule has 0 bridgehead atoms. The quantitative estimate of drug-likeness (QED) is 0.835. The van der Waals surface area contributed by atoms with Gasteiger partial charge in [0.15, 0.2) is 5.13 Å². The summed E-state index contributed by atoms with van der Waals surface area (Å²) in [7, 11) is 0. The van der Waals surface area contributed by atoms with Crippen molar-refractivity contribution in [3.63, 3.8) is 0 Å². The van der Waals surface area contributed by atoms with E-state index in [2.05, 4.69) is 10.3 Å². The van der Waals surface area contributed by atoms with E-state index in [9.17, 15) is 4.79 Å². The number of benzene rings is 1. The molecule has 1 aromatic carbocycles. The molecule has 1 aliphatic rings. The van der Waals surface area contributed by atoms with Gasteiger partial charge in [0.25, 0.3) is 0 Å². The summed E-state index contributed by atoms with van der Waals surface area (Å²) in [4.78, 5) is 16.8. The Morgan fingerprint density at radius 3 is 2.90 bits per heavy atom. The van der Waals surface area contributed by atoms with Crippen molar-refractivity contribution in [3.05, 3.63) is 24.3 Å². The van der Waals surface area contributed by atoms with E-state index in [1.807, 2.05) is 24.3 Å². The first-order valence-corrected chi connectivity index (χ1v) is 7.98. The third kappa shape index (κ3) is 2.83. The van der Waals surface area contributed by atoms with Crippen molar-refractivity contribution >= 4 is 32.6 Å². The number of nitrogens with one attached hydrogen (secondary N) is 1. The molecule has 2 unspecified atom stereocenters. The first kappa shape index (κ1) is 13.5. The van der Waals surface area contributed by atoms with Crippen molar-refractivity contribution in [1.29, 1.82) is 0 Å². The molecule has 1 aliphatic carbocycles. The van der Waals surface area contributed by atoms with E-state index in [1.54, 1.807) is 0 Å². The van der Waals surface area contributed by atoms with Gasteiger partial charge < -0.3 is 11.1 Å². The Bertz CT molecular complexity index is 577. The van der Waals surface area contributed by atoms with Crippen molar-refractivity contribution < 1.29 is 4.79 Å². The molecule has 1 amide bonds. The lowest BCUT2D eigenvalue weighted by atomic mass is 9.95. The average Bonchev–Trinajstić information content (AvgIpc) is 2.71. The van der Waals surface area contributed by atoms with Gasteiger partial charge in [-0.05, 0) is 25.0 Å². The monoisotopic (exact) mass is 289 g/mol. The number of rotatable bonds is 2. The molecule has 0 saturated heterocycles. The van der Waals surface area contributed by atoms with E-state index in [0.29, 0.717) is 5.13 Å². The molecule has 2 atom stereocenters. The molecule has 0 spiro atoms. The minimum Gasteiger partial charge on any atom is -0.327 e. The molecule has 1 saturated carbocycles. The zero-order chi connectivity index (χ0) is 13.9. The Hall–Kier alpha value is -1.46. The van der Waals surface area contributed by atoms with Crippen molar-refractivity contribution in [2.75, 3.05) is 5.32 Å². The number of thiazole rings is 1. The molecule has 20 heavy (non-hydrogen) atoms. The van der Waals surface area contributed by atoms with Crippen molar-refractivity contribution in [3.8, 4) is 0 Å². The third-order valence-corrected chi connectivity index (χ3v) is 4.88. The summed E-state index contributed by atoms with van der Waals surface area (Å²) in [5.41, 5.74) is 7.06. The number of anilines is 1. The van der Waals surface area contributed by atoms with Crippen LogP contribution in [0.25, 0.3) is 10.2 Å². The molecule has 0 radical (unpaired) electrons. The van der Waals surface area contributed by atoms with Crippen LogP contribution in [-0.2, 0) is 4.79 Å². The largest absolute Gasteiger partial charge is 0.327 e. The Morgan fingerprint density at radius 2 is 2.05 bits per heavy atom. The number of carbonyl (C=O) groups excluding carboxylic acids is 1. The zero-order valence-electron chi connectivity index (χ0n) is 11.3. The highest BCUT2D eigenvalue weighted by Crippen LogP contribution is 2.28. The van der Waals surface area contributed by atoms with E-state index >= 15 is 0 Å². The summed E-state index contributed by atoms with van der Waals surface area (Å²) < 4.78 is 1.09. The molecular weight excluding hydrogens is 270 g/mol. The standard InChI is InChI=1S/C15H19N3OS/c16-11-7-3-1-2-6-10(11)14(19)18-15-17-12-8-4-5-9-13(12)20-15/h4-5,8-11H,1-3,6-7,16H2,(H,17,18,19). The van der Waals surface area contributed by atoms with Gasteiger partial charge in [0.05, 0.1) is 16.1 Å². The first-order chi connectivity index (χ1) is 9.74. The lowest BCUT2D eigenvalue weighted by Crippen LogP contribution is -2.37. The summed E-state index contributed by atoms with van der Waals surface area (Å²) in [6.45, 7) is 0. The van der Waals surface area contributed by atoms with Crippen molar-refractivity contribution in [1.82, 2.24) is 4.98 Å². The second-order valence-corrected chi connectivity index (χ2v) is 6.42. The number of para-hydroxylation sites is 1. The highest BCUT2D eigenvalue weighted by Gasteiger charge is 2.27. The molecule has 1 heterocycles. The lowest BCUT2D eigenvalue weighted by molar-refractivity contribution is -0.120. The van der Waals surface area contributed by atoms with E-state index in [0.717, 1.165) is 35.9 Å². The summed E-state index contributed by atoms with van der Waals surface area (Å²) in [6, 6.07) is 7.88. The van der Waals surface area contributed by atoms with Gasteiger partial charge in [0, 0.05) is 6.04 Å². The van der Waals surface area contributed by atoms with Crippen molar-refractivity contribution in [2.45, 2.75) is 38.1 Å². The summed E-state index contributed by atoms with van der Waals surface area (Å²) in [5, 5.41) is 3.62. The molecule has 1 fully saturated rings. The van der Waals surface area contributed by atoms with Gasteiger partial charge >= 0.3 is 0 Å². The number of fused-ring (bicyclic) bond motifs is 1. The second kappa shape index (κ2) is 5.89. The van der Waals surface area contributed by atoms with Gasteiger partial charge in [-0.25, -0.2) is 4.98 Å². The molecule has 106 valence electrons. The van der Waals surface area contributed by atoms with E-state index in [-0.39, 0.29) is 17.9 Å². The van der Waals surface area contributed by atoms with Crippen LogP contribution in [0.5, 0.6) is 0 Å². The van der Waals surface area contributed by atoms with E-state index < -0.39 is 0 Å². The van der Waals surface area contributed by atoms with Crippen LogP contribution in [-0.4, -0.2) is 16.9 Å². The van der Waals surface area contributed by atoms with Gasteiger partial charge in [0.1, 0.15) is 0 Å². The Balaban J connectivity index is 1.74. The fourth-order valence-corrected chi connectivity index (χ4v) is 3.65. The third-order valence-electron chi connectivity index (χ3n) is 3.93. The maximum Gasteiger partial charge on any atom is 0.230 e. The van der Waals surface area contributed by atoms with Crippen molar-refractivity contribution in [2.24, 2.45) is 11.7 Å². The minimum absolute atomic E-state index is 0.0214. The van der Waals surface area contributed by atoms with Crippen LogP contribution < -0.4 is 11.1 Å². The second-order valence-electron chi connectivity index (χ2n) is 5.38. The van der Waals surface area contributed by atoms with Gasteiger partial charge in [-0.3, -0.25) is 4.79 Å². The SMILES string of the molecule is NC1CCCCCC1C(=O)Nc1nc2ccccc2s1. The number of nitrogens with two attached hydrogens (primary N) is 1. The topological polar surface area (TPSA) is 68.0 Å². The van der Waals surface area contributed by atoms with Crippen LogP contribution in [0.15, 0.2) is 24.3 Å². The first-order valence-electron chi connectivity index (χ1n) is 7.16. The Morgan fingerprint density at radius 1 is 1.25 bits per heavy atom. The van der Waals surface area contributed by atoms with Crippen LogP contribution in [0.2, 0.25) is 0 Å². The smallest absolute Gasteiger partial charge is 0.230 e. The summed E-state index contributed by atoms with van der Waals surface area (Å²) >= 11 is 1.51. The van der Waals surface area contributed by atoms with Gasteiger partial charge in [0.2, 0.25) is 5.91 Å². The van der Waals surface area contributed by atoms with Gasteiger partial charge in [-0.2, -0.15) is 0 Å². The van der Waals surface area contributed by atoms with Gasteiger partial charge in [-0.15, -0.1) is 0 Å². The molecule has 4 nitrogen and oxygen atoms in total. The predicted molar refractivity (Wildman–Crippen MR) is 82.8 cm³/mol. The fourth-order valence-electron chi connectivity index (χ4n) is 2.79. The molecule has 0 aliphatic heterocycles. The van der Waals surface area contributed by atoms with E-state index in [4.69, 9.17) is 5.73 Å². The van der Waals surface area contributed by atoms with Crippen LogP contribution in [0.4, 0.5) is 5.13 Å². The molecule has 2 aromatic rings. The summed E-state index contributed by atoms with van der Waals surface area (Å²) in [5.74, 6) is -0.0528. The number of hydrogen-bond donors (Lipinski definition) is 2. The lowest BCUT2D eigenvalue weighted by Gasteiger charge is -2.19. The average molecular weight is 289 g/mol. The zero-order valence-corrected chi connectivity index (χ0v) is 12.2. The molecule has 3 rings (SSSR count). The highest BCUT2D eigenvalue weighted by atomic mass is 32.1. The normalized spacial score (nSPS) is 23.4. The number of nitrogens with zero attached hydrogens (tertiary/aromatic N) is 1. The number of hydrogen-bond acceptors (Lipinski definition) is 4. The fraction of sp³-hybridized carbons (Fsp3) is 0.467. The minimum atomic E-state index is -0.0792. The predicted octanol–water partition coefficient (Wildman–Crippen LogP) is 3.14. The van der Waals surface area contributed by atoms with Gasteiger partial charge in [-0.1, -0.05) is 42.7 Å². The number of aromatic nitrogens is 1. The highest BCUT2D eigenvalue weighted by molar-refractivity contribution is 7.22. The Kier molecular flexibility index (Phi) is 3.98. The molecule has 1 aromatic heterocycles. The van der Waals surface area contributed by atoms with Crippen LogP contribution in [0.1, 0.15) is 32.1 Å². The molecule has 5 heteroatoms.